The van der Waals surface area contributed by atoms with Crippen LogP contribution in [0.4, 0.5) is 0 Å². The predicted octanol–water partition coefficient (Wildman–Crippen LogP) is 7.49. The van der Waals surface area contributed by atoms with Gasteiger partial charge < -0.3 is 4.74 Å². The monoisotopic (exact) mass is 532 g/mol. The highest BCUT2D eigenvalue weighted by molar-refractivity contribution is 6.15. The molecule has 0 unspecified atom stereocenters. The van der Waals surface area contributed by atoms with Gasteiger partial charge >= 0.3 is 0 Å². The summed E-state index contributed by atoms with van der Waals surface area (Å²) in [5, 5.41) is 8.47. The lowest BCUT2D eigenvalue weighted by molar-refractivity contribution is 0.415. The van der Waals surface area contributed by atoms with E-state index in [-0.39, 0.29) is 0 Å². The van der Waals surface area contributed by atoms with E-state index in [9.17, 15) is 0 Å². The lowest BCUT2D eigenvalue weighted by Gasteiger charge is -2.21. The Morgan fingerprint density at radius 2 is 1.51 bits per heavy atom. The summed E-state index contributed by atoms with van der Waals surface area (Å²) in [6.45, 7) is 0. The highest BCUT2D eigenvalue weighted by atomic mass is 16.5. The summed E-state index contributed by atoms with van der Waals surface area (Å²) in [4.78, 5) is 18.9. The van der Waals surface area contributed by atoms with Crippen molar-refractivity contribution >= 4 is 10.9 Å². The minimum Gasteiger partial charge on any atom is -0.497 e. The zero-order valence-electron chi connectivity index (χ0n) is 22.2. The molecule has 0 saturated heterocycles. The molecule has 196 valence electrons. The van der Waals surface area contributed by atoms with Crippen molar-refractivity contribution in [1.29, 1.82) is 0 Å². The summed E-state index contributed by atoms with van der Waals surface area (Å²) < 4.78 is 5.44. The fourth-order valence-electron chi connectivity index (χ4n) is 5.32. The first-order valence-electron chi connectivity index (χ1n) is 13.2. The van der Waals surface area contributed by atoms with E-state index >= 15 is 0 Å². The second-order valence-electron chi connectivity index (χ2n) is 9.47. The zero-order chi connectivity index (χ0) is 27.6. The molecule has 0 amide bonds. The van der Waals surface area contributed by atoms with Crippen LogP contribution in [0.1, 0.15) is 0 Å². The minimum atomic E-state index is 0.752. The molecule has 0 atom stereocenters. The smallest absolute Gasteiger partial charge is 0.118 e. The number of hydrogen-bond acceptors (Lipinski definition) is 6. The Balaban J connectivity index is 1.69. The second-order valence-corrected chi connectivity index (χ2v) is 9.47. The topological polar surface area (TPSA) is 89.5 Å². The van der Waals surface area contributed by atoms with E-state index < -0.39 is 0 Å². The fraction of sp³-hybridized carbons (Fsp3) is 0.0294. The molecule has 7 heteroatoms. The van der Waals surface area contributed by atoms with E-state index in [1.165, 1.54) is 0 Å². The molecule has 2 aromatic carbocycles. The van der Waals surface area contributed by atoms with Crippen LogP contribution in [0.2, 0.25) is 0 Å². The maximum Gasteiger partial charge on any atom is 0.118 e. The van der Waals surface area contributed by atoms with Crippen molar-refractivity contribution in [1.82, 2.24) is 30.1 Å². The fourth-order valence-corrected chi connectivity index (χ4v) is 5.32. The highest BCUT2D eigenvalue weighted by Gasteiger charge is 2.25. The van der Waals surface area contributed by atoms with Crippen LogP contribution in [0.25, 0.3) is 66.9 Å². The molecule has 5 heterocycles. The van der Waals surface area contributed by atoms with Crippen molar-refractivity contribution in [3.8, 4) is 61.8 Å². The largest absolute Gasteiger partial charge is 0.497 e. The van der Waals surface area contributed by atoms with Gasteiger partial charge in [0.1, 0.15) is 11.4 Å². The van der Waals surface area contributed by atoms with E-state index in [4.69, 9.17) is 14.7 Å². The van der Waals surface area contributed by atoms with Gasteiger partial charge in [0, 0.05) is 64.8 Å². The number of ether oxygens (including phenoxy) is 1. The standard InChI is InChI=1S/C34H24N6O/c1-41-25-9-7-22(8-10-25)26-11-12-28-33(32(26)27-6-2-3-17-37-27)30(24-5-4-16-36-21-24)31(23-13-18-35-19-14-23)34(39-28)29-15-20-38-40-29/h2-21H,1H3,(H,38,40). The van der Waals surface area contributed by atoms with Crippen molar-refractivity contribution in [2.24, 2.45) is 0 Å². The molecule has 0 aliphatic carbocycles. The first-order valence-corrected chi connectivity index (χ1v) is 13.2. The SMILES string of the molecule is COc1ccc(-c2ccc3nc(-c4cc[nH]n4)c(-c4ccncc4)c(-c4cccnc4)c3c2-c2ccccn2)cc1. The molecule has 0 fully saturated rings. The first-order chi connectivity index (χ1) is 20.3. The van der Waals surface area contributed by atoms with Crippen LogP contribution in [0, 0.1) is 0 Å². The molecule has 5 aromatic heterocycles. The van der Waals surface area contributed by atoms with Crippen molar-refractivity contribution in [3.05, 3.63) is 122 Å². The van der Waals surface area contributed by atoms with Gasteiger partial charge in [-0.2, -0.15) is 5.10 Å². The summed E-state index contributed by atoms with van der Waals surface area (Å²) in [6.07, 6.45) is 10.9. The number of H-pyrrole nitrogens is 1. The van der Waals surface area contributed by atoms with Crippen molar-refractivity contribution in [2.75, 3.05) is 7.11 Å². The van der Waals surface area contributed by atoms with Gasteiger partial charge in [-0.05, 0) is 71.3 Å². The number of pyridine rings is 4. The summed E-state index contributed by atoms with van der Waals surface area (Å²) in [6, 6.07) is 28.3. The molecule has 0 saturated carbocycles. The van der Waals surface area contributed by atoms with Gasteiger partial charge in [-0.15, -0.1) is 0 Å². The average molecular weight is 533 g/mol. The van der Waals surface area contributed by atoms with Crippen molar-refractivity contribution in [3.63, 3.8) is 0 Å². The third-order valence-corrected chi connectivity index (χ3v) is 7.14. The molecule has 7 nitrogen and oxygen atoms in total. The van der Waals surface area contributed by atoms with Gasteiger partial charge in [0.2, 0.25) is 0 Å². The van der Waals surface area contributed by atoms with Gasteiger partial charge in [-0.3, -0.25) is 20.1 Å². The van der Waals surface area contributed by atoms with Crippen molar-refractivity contribution in [2.45, 2.75) is 0 Å². The molecule has 0 aliphatic rings. The third kappa shape index (κ3) is 4.39. The maximum absolute atomic E-state index is 5.44. The lowest BCUT2D eigenvalue weighted by Crippen LogP contribution is -2.00. The molecule has 0 bridgehead atoms. The Bertz CT molecular complexity index is 1940. The number of fused-ring (bicyclic) bond motifs is 1. The third-order valence-electron chi connectivity index (χ3n) is 7.14. The molecule has 0 aliphatic heterocycles. The molecule has 7 rings (SSSR count). The maximum atomic E-state index is 5.44. The quantitative estimate of drug-likeness (QED) is 0.239. The summed E-state index contributed by atoms with van der Waals surface area (Å²) in [5.41, 5.74) is 10.2. The molecule has 0 radical (unpaired) electrons. The summed E-state index contributed by atoms with van der Waals surface area (Å²) in [7, 11) is 1.67. The molecular weight excluding hydrogens is 508 g/mol. The van der Waals surface area contributed by atoms with E-state index in [2.05, 4.69) is 50.5 Å². The number of aromatic amines is 1. The molecule has 41 heavy (non-hydrogen) atoms. The second kappa shape index (κ2) is 10.5. The molecule has 0 spiro atoms. The number of nitrogens with zero attached hydrogens (tertiary/aromatic N) is 5. The van der Waals surface area contributed by atoms with E-state index in [0.29, 0.717) is 0 Å². The summed E-state index contributed by atoms with van der Waals surface area (Å²) >= 11 is 0. The van der Waals surface area contributed by atoms with Crippen LogP contribution in [0.5, 0.6) is 5.75 Å². The highest BCUT2D eigenvalue weighted by Crippen LogP contribution is 2.47. The average Bonchev–Trinajstić information content (AvgIpc) is 3.60. The van der Waals surface area contributed by atoms with Crippen LogP contribution in [0.15, 0.2) is 122 Å². The van der Waals surface area contributed by atoms with Gasteiger partial charge in [-0.25, -0.2) is 4.98 Å². The molecule has 7 aromatic rings. The molecular formula is C34H24N6O. The van der Waals surface area contributed by atoms with E-state index in [1.54, 1.807) is 25.7 Å². The number of aromatic nitrogens is 6. The van der Waals surface area contributed by atoms with E-state index in [1.807, 2.05) is 73.2 Å². The van der Waals surface area contributed by atoms with Crippen LogP contribution in [-0.2, 0) is 0 Å². The van der Waals surface area contributed by atoms with Crippen LogP contribution in [-0.4, -0.2) is 37.2 Å². The predicted molar refractivity (Wildman–Crippen MR) is 161 cm³/mol. The number of nitrogens with one attached hydrogen (secondary N) is 1. The van der Waals surface area contributed by atoms with Gasteiger partial charge in [0.25, 0.3) is 0 Å². The Hall–Kier alpha value is -5.69. The normalized spacial score (nSPS) is 11.0. The lowest BCUT2D eigenvalue weighted by atomic mass is 9.85. The number of benzene rings is 2. The Morgan fingerprint density at radius 1 is 0.634 bits per heavy atom. The van der Waals surface area contributed by atoms with Gasteiger partial charge in [-0.1, -0.05) is 30.3 Å². The first kappa shape index (κ1) is 24.4. The van der Waals surface area contributed by atoms with Crippen LogP contribution < -0.4 is 4.74 Å². The number of hydrogen-bond donors (Lipinski definition) is 1. The van der Waals surface area contributed by atoms with Crippen molar-refractivity contribution < 1.29 is 4.74 Å². The number of rotatable bonds is 6. The number of methoxy groups -OCH3 is 1. The van der Waals surface area contributed by atoms with Crippen LogP contribution in [0.3, 0.4) is 0 Å². The minimum absolute atomic E-state index is 0.752. The van der Waals surface area contributed by atoms with E-state index in [0.717, 1.165) is 72.7 Å². The van der Waals surface area contributed by atoms with Gasteiger partial charge in [0.15, 0.2) is 0 Å². The Labute approximate surface area is 236 Å². The Morgan fingerprint density at radius 3 is 2.22 bits per heavy atom. The molecule has 1 N–H and O–H groups in total. The van der Waals surface area contributed by atoms with Gasteiger partial charge in [0.05, 0.1) is 24.0 Å². The zero-order valence-corrected chi connectivity index (χ0v) is 22.2. The summed E-state index contributed by atoms with van der Waals surface area (Å²) in [5.74, 6) is 0.801. The van der Waals surface area contributed by atoms with Crippen LogP contribution >= 0.6 is 0 Å². The Kier molecular flexibility index (Phi) is 6.22.